The molecule has 8 heteroatoms. The van der Waals surface area contributed by atoms with Crippen molar-refractivity contribution in [1.29, 1.82) is 0 Å². The third-order valence-electron chi connectivity index (χ3n) is 3.30. The van der Waals surface area contributed by atoms with Gasteiger partial charge in [0.25, 0.3) is 0 Å². The molecule has 1 atom stereocenters. The maximum Gasteiger partial charge on any atom is 0.408 e. The summed E-state index contributed by atoms with van der Waals surface area (Å²) in [5.74, 6) is -0.300. The van der Waals surface area contributed by atoms with Gasteiger partial charge in [-0.25, -0.2) is 0 Å². The highest BCUT2D eigenvalue weighted by atomic mass is 35.5. The Kier molecular flexibility index (Phi) is 7.81. The smallest absolute Gasteiger partial charge is 0.408 e. The molecular formula is C13H19Cl2F3N2O. The Morgan fingerprint density at radius 2 is 1.76 bits per heavy atom. The molecule has 1 fully saturated rings. The summed E-state index contributed by atoms with van der Waals surface area (Å²) in [5.41, 5.74) is 0.645. The molecule has 0 aliphatic carbocycles. The number of alkyl halides is 3. The van der Waals surface area contributed by atoms with E-state index >= 15 is 0 Å². The molecule has 1 aromatic rings. The van der Waals surface area contributed by atoms with Gasteiger partial charge in [-0.1, -0.05) is 17.7 Å². The van der Waals surface area contributed by atoms with Crippen molar-refractivity contribution in [3.63, 3.8) is 0 Å². The molecule has 0 saturated carbocycles. The predicted molar refractivity (Wildman–Crippen MR) is 80.6 cm³/mol. The third-order valence-corrected chi connectivity index (χ3v) is 3.30. The van der Waals surface area contributed by atoms with Crippen molar-refractivity contribution >= 4 is 24.8 Å². The van der Waals surface area contributed by atoms with Crippen LogP contribution in [0.4, 0.5) is 13.2 Å². The van der Waals surface area contributed by atoms with Crippen LogP contribution >= 0.6 is 24.8 Å². The molecule has 1 aliphatic heterocycles. The second-order valence-electron chi connectivity index (χ2n) is 4.79. The number of aromatic hydroxyl groups is 1. The minimum atomic E-state index is -4.40. The predicted octanol–water partition coefficient (Wildman–Crippen LogP) is 3.05. The lowest BCUT2D eigenvalue weighted by atomic mass is 10.0. The molecule has 1 heterocycles. The van der Waals surface area contributed by atoms with Crippen molar-refractivity contribution in [2.24, 2.45) is 0 Å². The largest absolute Gasteiger partial charge is 0.508 e. The highest BCUT2D eigenvalue weighted by molar-refractivity contribution is 5.85. The lowest BCUT2D eigenvalue weighted by Crippen LogP contribution is -2.49. The second-order valence-corrected chi connectivity index (χ2v) is 4.79. The van der Waals surface area contributed by atoms with Gasteiger partial charge in [0.05, 0.1) is 0 Å². The molecule has 1 saturated heterocycles. The molecular weight excluding hydrogens is 328 g/mol. The fourth-order valence-corrected chi connectivity index (χ4v) is 2.41. The summed E-state index contributed by atoms with van der Waals surface area (Å²) in [6.07, 6.45) is -4.40. The number of phenols is 1. The molecule has 3 nitrogen and oxygen atoms in total. The molecule has 1 aromatic carbocycles. The van der Waals surface area contributed by atoms with E-state index in [0.29, 0.717) is 31.7 Å². The topological polar surface area (TPSA) is 35.5 Å². The molecule has 21 heavy (non-hydrogen) atoms. The first-order chi connectivity index (χ1) is 8.89. The minimum Gasteiger partial charge on any atom is -0.508 e. The number of hydrogen-bond acceptors (Lipinski definition) is 3. The average Bonchev–Trinajstić information content (AvgIpc) is 2.33. The lowest BCUT2D eigenvalue weighted by Gasteiger charge is -2.36. The summed E-state index contributed by atoms with van der Waals surface area (Å²) in [7, 11) is 0. The van der Waals surface area contributed by atoms with Crippen molar-refractivity contribution in [2.45, 2.75) is 19.1 Å². The minimum absolute atomic E-state index is 0. The highest BCUT2D eigenvalue weighted by Crippen LogP contribution is 2.41. The number of nitrogens with zero attached hydrogens (tertiary/aromatic N) is 1. The fraction of sp³-hybridized carbons (Fsp3) is 0.538. The summed E-state index contributed by atoms with van der Waals surface area (Å²) in [6.45, 7) is 3.40. The second kappa shape index (κ2) is 8.08. The Morgan fingerprint density at radius 1 is 1.19 bits per heavy atom. The zero-order valence-electron chi connectivity index (χ0n) is 11.5. The van der Waals surface area contributed by atoms with Crippen LogP contribution in [0.1, 0.15) is 17.2 Å². The van der Waals surface area contributed by atoms with Gasteiger partial charge >= 0.3 is 6.18 Å². The Morgan fingerprint density at radius 3 is 2.29 bits per heavy atom. The Labute approximate surface area is 134 Å². The van der Waals surface area contributed by atoms with E-state index in [1.54, 1.807) is 13.0 Å². The van der Waals surface area contributed by atoms with Crippen molar-refractivity contribution in [3.8, 4) is 5.75 Å². The standard InChI is InChI=1S/C13H17F3N2O.2ClH/c1-9-2-3-11(19)10(8-9)12(13(14,15)16)18-6-4-17-5-7-18;;/h2-3,8,12,17,19H,4-7H2,1H3;2*1H/t12-;;/m1../s1. The van der Waals surface area contributed by atoms with Crippen molar-refractivity contribution in [2.75, 3.05) is 26.2 Å². The van der Waals surface area contributed by atoms with E-state index in [9.17, 15) is 18.3 Å². The number of halogens is 5. The summed E-state index contributed by atoms with van der Waals surface area (Å²) in [6, 6.07) is 2.60. The summed E-state index contributed by atoms with van der Waals surface area (Å²) in [5, 5.41) is 12.8. The normalized spacial score (nSPS) is 17.5. The monoisotopic (exact) mass is 346 g/mol. The van der Waals surface area contributed by atoms with Crippen LogP contribution in [0, 0.1) is 6.92 Å². The average molecular weight is 347 g/mol. The lowest BCUT2D eigenvalue weighted by molar-refractivity contribution is -0.188. The Bertz CT molecular complexity index is 452. The zero-order chi connectivity index (χ0) is 14.0. The zero-order valence-corrected chi connectivity index (χ0v) is 13.1. The number of rotatable bonds is 2. The van der Waals surface area contributed by atoms with Gasteiger partial charge in [-0.2, -0.15) is 13.2 Å². The first-order valence-corrected chi connectivity index (χ1v) is 6.20. The van der Waals surface area contributed by atoms with Gasteiger partial charge in [0, 0.05) is 31.7 Å². The van der Waals surface area contributed by atoms with Crippen molar-refractivity contribution < 1.29 is 18.3 Å². The molecule has 0 unspecified atom stereocenters. The van der Waals surface area contributed by atoms with Gasteiger partial charge in [-0.3, -0.25) is 4.90 Å². The molecule has 1 aliphatic rings. The van der Waals surface area contributed by atoms with Gasteiger partial charge in [-0.15, -0.1) is 24.8 Å². The van der Waals surface area contributed by atoms with Gasteiger partial charge in [0.15, 0.2) is 0 Å². The molecule has 0 bridgehead atoms. The van der Waals surface area contributed by atoms with Crippen LogP contribution < -0.4 is 5.32 Å². The van der Waals surface area contributed by atoms with E-state index in [-0.39, 0.29) is 36.1 Å². The molecule has 122 valence electrons. The number of piperazine rings is 1. The Hall–Kier alpha value is -0.690. The summed E-state index contributed by atoms with van der Waals surface area (Å²) < 4.78 is 40.0. The highest BCUT2D eigenvalue weighted by Gasteiger charge is 2.46. The molecule has 0 amide bonds. The number of hydrogen-bond donors (Lipinski definition) is 2. The Balaban J connectivity index is 0.00000200. The first kappa shape index (κ1) is 20.3. The maximum absolute atomic E-state index is 13.3. The summed E-state index contributed by atoms with van der Waals surface area (Å²) >= 11 is 0. The third kappa shape index (κ3) is 4.92. The van der Waals surface area contributed by atoms with Gasteiger partial charge in [0.2, 0.25) is 0 Å². The van der Waals surface area contributed by atoms with E-state index in [1.807, 2.05) is 0 Å². The van der Waals surface area contributed by atoms with Crippen LogP contribution in [-0.4, -0.2) is 42.4 Å². The van der Waals surface area contributed by atoms with Crippen LogP contribution in [0.5, 0.6) is 5.75 Å². The van der Waals surface area contributed by atoms with Gasteiger partial charge in [0.1, 0.15) is 11.8 Å². The maximum atomic E-state index is 13.3. The number of nitrogens with one attached hydrogen (secondary N) is 1. The quantitative estimate of drug-likeness (QED) is 0.863. The van der Waals surface area contributed by atoms with Crippen LogP contribution in [0.15, 0.2) is 18.2 Å². The number of phenolic OH excluding ortho intramolecular Hbond substituents is 1. The van der Waals surface area contributed by atoms with Crippen LogP contribution in [-0.2, 0) is 0 Å². The van der Waals surface area contributed by atoms with E-state index in [1.165, 1.54) is 17.0 Å². The van der Waals surface area contributed by atoms with E-state index in [2.05, 4.69) is 5.32 Å². The van der Waals surface area contributed by atoms with Crippen molar-refractivity contribution in [1.82, 2.24) is 10.2 Å². The van der Waals surface area contributed by atoms with Crippen LogP contribution in [0.25, 0.3) is 0 Å². The van der Waals surface area contributed by atoms with Gasteiger partial charge in [-0.05, 0) is 13.0 Å². The molecule has 2 N–H and O–H groups in total. The van der Waals surface area contributed by atoms with Gasteiger partial charge < -0.3 is 10.4 Å². The molecule has 0 spiro atoms. The number of aryl methyl sites for hydroxylation is 1. The van der Waals surface area contributed by atoms with E-state index in [0.717, 1.165) is 0 Å². The van der Waals surface area contributed by atoms with Crippen molar-refractivity contribution in [3.05, 3.63) is 29.3 Å². The molecule has 0 aromatic heterocycles. The molecule has 2 rings (SSSR count). The summed E-state index contributed by atoms with van der Waals surface area (Å²) in [4.78, 5) is 1.37. The fourth-order valence-electron chi connectivity index (χ4n) is 2.41. The molecule has 0 radical (unpaired) electrons. The first-order valence-electron chi connectivity index (χ1n) is 6.20. The van der Waals surface area contributed by atoms with Crippen LogP contribution in [0.3, 0.4) is 0 Å². The van der Waals surface area contributed by atoms with E-state index < -0.39 is 12.2 Å². The van der Waals surface area contributed by atoms with E-state index in [4.69, 9.17) is 0 Å². The SMILES string of the molecule is Cc1ccc(O)c([C@@H](N2CCNCC2)C(F)(F)F)c1.Cl.Cl. The van der Waals surface area contributed by atoms with Crippen LogP contribution in [0.2, 0.25) is 0 Å². The number of benzene rings is 1.